The Bertz CT molecular complexity index is 1120. The van der Waals surface area contributed by atoms with E-state index >= 15 is 0 Å². The monoisotopic (exact) mass is 439 g/mol. The minimum absolute atomic E-state index is 0.00833. The minimum Gasteiger partial charge on any atom is -0.481 e. The van der Waals surface area contributed by atoms with Crippen molar-refractivity contribution in [3.8, 4) is 11.3 Å². The summed E-state index contributed by atoms with van der Waals surface area (Å²) in [5.74, 6) is -2.65. The molecule has 158 valence electrons. The predicted molar refractivity (Wildman–Crippen MR) is 113 cm³/mol. The van der Waals surface area contributed by atoms with Gasteiger partial charge in [0.25, 0.3) is 5.91 Å². The Labute approximate surface area is 182 Å². The number of carboxylic acid groups (broad SMARTS) is 2. The van der Waals surface area contributed by atoms with Crippen LogP contribution in [0, 0.1) is 0 Å². The zero-order valence-corrected chi connectivity index (χ0v) is 17.0. The first-order chi connectivity index (χ1) is 14.9. The summed E-state index contributed by atoms with van der Waals surface area (Å²) in [7, 11) is 0. The minimum atomic E-state index is -1.10. The number of hydrogen-bond donors (Lipinski definition) is 2. The first-order valence-corrected chi connectivity index (χ1v) is 9.65. The molecule has 0 fully saturated rings. The van der Waals surface area contributed by atoms with Crippen LogP contribution in [0.15, 0.2) is 60.7 Å². The molecule has 0 saturated heterocycles. The number of benzene rings is 2. The van der Waals surface area contributed by atoms with Gasteiger partial charge in [0.1, 0.15) is 0 Å². The van der Waals surface area contributed by atoms with Crippen molar-refractivity contribution >= 4 is 29.4 Å². The lowest BCUT2D eigenvalue weighted by Gasteiger charge is -2.22. The topological polar surface area (TPSA) is 121 Å². The first kappa shape index (κ1) is 21.9. The number of amides is 1. The SMILES string of the molecule is O=C(O)CCN(Cc1ccccc1Cl)C(=O)c1ccc(-c2ccccc2C(=O)O)nn1. The van der Waals surface area contributed by atoms with Crippen molar-refractivity contribution in [3.63, 3.8) is 0 Å². The molecule has 0 aliphatic carbocycles. The number of carboxylic acids is 2. The number of hydrogen-bond acceptors (Lipinski definition) is 5. The Morgan fingerprint density at radius 3 is 2.26 bits per heavy atom. The summed E-state index contributed by atoms with van der Waals surface area (Å²) in [5.41, 5.74) is 1.42. The second-order valence-corrected chi connectivity index (χ2v) is 7.02. The molecule has 0 unspecified atom stereocenters. The second-order valence-electron chi connectivity index (χ2n) is 6.62. The molecule has 0 spiro atoms. The van der Waals surface area contributed by atoms with Crippen LogP contribution in [0.25, 0.3) is 11.3 Å². The normalized spacial score (nSPS) is 10.5. The molecule has 9 heteroatoms. The number of aromatic nitrogens is 2. The maximum absolute atomic E-state index is 13.0. The summed E-state index contributed by atoms with van der Waals surface area (Å²) in [6.45, 7) is 0.0712. The third-order valence-corrected chi connectivity index (χ3v) is 4.89. The lowest BCUT2D eigenvalue weighted by Crippen LogP contribution is -2.33. The van der Waals surface area contributed by atoms with Crippen molar-refractivity contribution in [2.24, 2.45) is 0 Å². The van der Waals surface area contributed by atoms with Crippen molar-refractivity contribution in [1.29, 1.82) is 0 Å². The smallest absolute Gasteiger partial charge is 0.336 e. The number of aliphatic carboxylic acids is 1. The fourth-order valence-corrected chi connectivity index (χ4v) is 3.16. The van der Waals surface area contributed by atoms with E-state index in [0.29, 0.717) is 21.8 Å². The standard InChI is InChI=1S/C22H18ClN3O5/c23-17-8-4-1-5-14(17)13-26(12-11-20(27)28)21(29)19-10-9-18(24-25-19)15-6-2-3-7-16(15)22(30)31/h1-10H,11-13H2,(H,27,28)(H,30,31). The zero-order chi connectivity index (χ0) is 22.4. The quantitative estimate of drug-likeness (QED) is 0.549. The van der Waals surface area contributed by atoms with Crippen LogP contribution in [0.3, 0.4) is 0 Å². The van der Waals surface area contributed by atoms with Crippen LogP contribution in [0.4, 0.5) is 0 Å². The average Bonchev–Trinajstić information content (AvgIpc) is 2.77. The third-order valence-electron chi connectivity index (χ3n) is 4.52. The maximum Gasteiger partial charge on any atom is 0.336 e. The van der Waals surface area contributed by atoms with E-state index in [1.54, 1.807) is 42.5 Å². The maximum atomic E-state index is 13.0. The molecule has 0 radical (unpaired) electrons. The average molecular weight is 440 g/mol. The van der Waals surface area contributed by atoms with Gasteiger partial charge in [0.2, 0.25) is 0 Å². The lowest BCUT2D eigenvalue weighted by atomic mass is 10.0. The summed E-state index contributed by atoms with van der Waals surface area (Å²) >= 11 is 6.18. The van der Waals surface area contributed by atoms with E-state index in [2.05, 4.69) is 10.2 Å². The van der Waals surface area contributed by atoms with Crippen molar-refractivity contribution in [3.05, 3.63) is 82.5 Å². The Morgan fingerprint density at radius 2 is 1.61 bits per heavy atom. The van der Waals surface area contributed by atoms with Crippen molar-refractivity contribution in [1.82, 2.24) is 15.1 Å². The number of nitrogens with zero attached hydrogens (tertiary/aromatic N) is 3. The molecule has 0 saturated carbocycles. The predicted octanol–water partition coefficient (Wildman–Crippen LogP) is 3.61. The lowest BCUT2D eigenvalue weighted by molar-refractivity contribution is -0.137. The van der Waals surface area contributed by atoms with Crippen LogP contribution in [0.2, 0.25) is 5.02 Å². The molecule has 0 aliphatic rings. The molecule has 0 bridgehead atoms. The van der Waals surface area contributed by atoms with E-state index < -0.39 is 17.8 Å². The highest BCUT2D eigenvalue weighted by molar-refractivity contribution is 6.31. The van der Waals surface area contributed by atoms with Crippen LogP contribution >= 0.6 is 11.6 Å². The molecule has 31 heavy (non-hydrogen) atoms. The first-order valence-electron chi connectivity index (χ1n) is 9.27. The van der Waals surface area contributed by atoms with Crippen LogP contribution < -0.4 is 0 Å². The molecule has 3 aromatic rings. The molecular formula is C22H18ClN3O5. The summed E-state index contributed by atoms with van der Waals surface area (Å²) in [5, 5.41) is 26.8. The van der Waals surface area contributed by atoms with Crippen LogP contribution in [0.5, 0.6) is 0 Å². The summed E-state index contributed by atoms with van der Waals surface area (Å²) < 4.78 is 0. The number of carbonyl (C=O) groups excluding carboxylic acids is 1. The van der Waals surface area contributed by atoms with E-state index in [0.717, 1.165) is 0 Å². The Hall–Kier alpha value is -3.78. The number of aromatic carboxylic acids is 1. The van der Waals surface area contributed by atoms with Gasteiger partial charge in [-0.05, 0) is 29.8 Å². The second kappa shape index (κ2) is 9.82. The van der Waals surface area contributed by atoms with Crippen LogP contribution in [0.1, 0.15) is 32.8 Å². The van der Waals surface area contributed by atoms with Gasteiger partial charge < -0.3 is 15.1 Å². The van der Waals surface area contributed by atoms with Gasteiger partial charge >= 0.3 is 11.9 Å². The molecular weight excluding hydrogens is 422 g/mol. The Balaban J connectivity index is 1.87. The van der Waals surface area contributed by atoms with Gasteiger partial charge in [0.15, 0.2) is 5.69 Å². The zero-order valence-electron chi connectivity index (χ0n) is 16.2. The highest BCUT2D eigenvalue weighted by Gasteiger charge is 2.21. The molecule has 0 aliphatic heterocycles. The van der Waals surface area contributed by atoms with Crippen molar-refractivity contribution < 1.29 is 24.6 Å². The number of rotatable bonds is 8. The summed E-state index contributed by atoms with van der Waals surface area (Å²) in [4.78, 5) is 36.8. The Kier molecular flexibility index (Phi) is 6.94. The Morgan fingerprint density at radius 1 is 0.903 bits per heavy atom. The fraction of sp³-hybridized carbons (Fsp3) is 0.136. The number of carbonyl (C=O) groups is 3. The van der Waals surface area contributed by atoms with Gasteiger partial charge in [-0.1, -0.05) is 48.0 Å². The van der Waals surface area contributed by atoms with Crippen molar-refractivity contribution in [2.45, 2.75) is 13.0 Å². The van der Waals surface area contributed by atoms with Gasteiger partial charge in [0, 0.05) is 23.7 Å². The van der Waals surface area contributed by atoms with Gasteiger partial charge in [-0.3, -0.25) is 9.59 Å². The molecule has 1 heterocycles. The fourth-order valence-electron chi connectivity index (χ4n) is 2.96. The molecule has 1 aromatic heterocycles. The molecule has 2 N–H and O–H groups in total. The van der Waals surface area contributed by atoms with Crippen LogP contribution in [-0.4, -0.2) is 49.7 Å². The summed E-state index contributed by atoms with van der Waals surface area (Å²) in [6, 6.07) is 16.3. The van der Waals surface area contributed by atoms with E-state index in [1.807, 2.05) is 0 Å². The molecule has 3 rings (SSSR count). The van der Waals surface area contributed by atoms with E-state index in [1.165, 1.54) is 23.1 Å². The van der Waals surface area contributed by atoms with Crippen molar-refractivity contribution in [2.75, 3.05) is 6.54 Å². The van der Waals surface area contributed by atoms with Gasteiger partial charge in [-0.25, -0.2) is 4.79 Å². The molecule has 2 aromatic carbocycles. The third kappa shape index (κ3) is 5.43. The van der Waals surface area contributed by atoms with E-state index in [4.69, 9.17) is 16.7 Å². The molecule has 8 nitrogen and oxygen atoms in total. The molecule has 1 amide bonds. The largest absolute Gasteiger partial charge is 0.481 e. The summed E-state index contributed by atoms with van der Waals surface area (Å²) in [6.07, 6.45) is -0.242. The van der Waals surface area contributed by atoms with Gasteiger partial charge in [-0.2, -0.15) is 0 Å². The van der Waals surface area contributed by atoms with Gasteiger partial charge in [-0.15, -0.1) is 10.2 Å². The van der Waals surface area contributed by atoms with Crippen LogP contribution in [-0.2, 0) is 11.3 Å². The highest BCUT2D eigenvalue weighted by Crippen LogP contribution is 2.22. The van der Waals surface area contributed by atoms with Gasteiger partial charge in [0.05, 0.1) is 17.7 Å². The number of halogens is 1. The van der Waals surface area contributed by atoms with E-state index in [-0.39, 0.29) is 30.8 Å². The molecule has 0 atom stereocenters. The highest BCUT2D eigenvalue weighted by atomic mass is 35.5. The van der Waals surface area contributed by atoms with E-state index in [9.17, 15) is 19.5 Å².